The first-order chi connectivity index (χ1) is 15.3. The summed E-state index contributed by atoms with van der Waals surface area (Å²) in [7, 11) is 3.54. The van der Waals surface area contributed by atoms with Crippen LogP contribution in [-0.2, 0) is 11.3 Å². The van der Waals surface area contributed by atoms with E-state index in [0.29, 0.717) is 12.6 Å². The molecule has 4 rings (SSSR count). The maximum Gasteiger partial charge on any atom is 0.191 e. The smallest absolute Gasteiger partial charge is 0.191 e. The number of nitrogens with one attached hydrogen (secondary N) is 2. The Morgan fingerprint density at radius 2 is 1.97 bits per heavy atom. The number of hydrogen-bond acceptors (Lipinski definition) is 6. The average Bonchev–Trinajstić information content (AvgIpc) is 3.30. The van der Waals surface area contributed by atoms with E-state index in [1.54, 1.807) is 7.11 Å². The van der Waals surface area contributed by atoms with Crippen LogP contribution in [0, 0.1) is 0 Å². The van der Waals surface area contributed by atoms with Gasteiger partial charge in [-0.2, -0.15) is 0 Å². The highest BCUT2D eigenvalue weighted by molar-refractivity contribution is 14.0. The Hall–Kier alpha value is -2.27. The number of guanidine groups is 1. The molecule has 0 spiro atoms. The van der Waals surface area contributed by atoms with Gasteiger partial charge < -0.3 is 29.9 Å². The molecule has 1 atom stereocenters. The van der Waals surface area contributed by atoms with Gasteiger partial charge in [0.1, 0.15) is 11.6 Å². The zero-order valence-corrected chi connectivity index (χ0v) is 21.1. The Morgan fingerprint density at radius 1 is 1.16 bits per heavy atom. The number of aromatic nitrogens is 1. The molecule has 9 heteroatoms. The molecule has 2 N–H and O–H groups in total. The number of nitrogens with zero attached hydrogens (tertiary/aromatic N) is 4. The summed E-state index contributed by atoms with van der Waals surface area (Å²) in [6.45, 7) is 5.80. The molecule has 174 valence electrons. The number of aliphatic imine (C=N–C) groups is 1. The third-order valence-corrected chi connectivity index (χ3v) is 5.80. The summed E-state index contributed by atoms with van der Waals surface area (Å²) in [5.74, 6) is 2.75. The Balaban J connectivity index is 0.00000289. The minimum Gasteiger partial charge on any atom is -0.495 e. The van der Waals surface area contributed by atoms with Gasteiger partial charge in [0, 0.05) is 57.6 Å². The molecule has 32 heavy (non-hydrogen) atoms. The van der Waals surface area contributed by atoms with Crippen LogP contribution in [0.2, 0.25) is 0 Å². The van der Waals surface area contributed by atoms with Gasteiger partial charge in [-0.3, -0.25) is 4.99 Å². The molecule has 0 radical (unpaired) electrons. The summed E-state index contributed by atoms with van der Waals surface area (Å²) < 4.78 is 11.0. The summed E-state index contributed by atoms with van der Waals surface area (Å²) in [6, 6.07) is 12.6. The normalized spacial score (nSPS) is 18.8. The van der Waals surface area contributed by atoms with E-state index in [2.05, 4.69) is 48.6 Å². The van der Waals surface area contributed by atoms with Crippen molar-refractivity contribution in [1.29, 1.82) is 0 Å². The average molecular weight is 552 g/mol. The number of rotatable bonds is 6. The second-order valence-electron chi connectivity index (χ2n) is 7.76. The van der Waals surface area contributed by atoms with Crippen LogP contribution in [0.1, 0.15) is 12.0 Å². The quantitative estimate of drug-likeness (QED) is 0.324. The van der Waals surface area contributed by atoms with E-state index in [1.807, 2.05) is 31.4 Å². The van der Waals surface area contributed by atoms with E-state index in [0.717, 1.165) is 74.6 Å². The van der Waals surface area contributed by atoms with Crippen LogP contribution in [0.25, 0.3) is 0 Å². The number of morpholine rings is 1. The van der Waals surface area contributed by atoms with Gasteiger partial charge in [-0.1, -0.05) is 18.2 Å². The molecule has 2 fully saturated rings. The minimum atomic E-state index is 0. The Morgan fingerprint density at radius 3 is 2.75 bits per heavy atom. The third kappa shape index (κ3) is 5.94. The number of pyridine rings is 1. The summed E-state index contributed by atoms with van der Waals surface area (Å²) in [5.41, 5.74) is 2.30. The highest BCUT2D eigenvalue weighted by atomic mass is 127. The molecular formula is C23H33IN6O2. The fourth-order valence-electron chi connectivity index (χ4n) is 4.18. The first kappa shape index (κ1) is 24.4. The summed E-state index contributed by atoms with van der Waals surface area (Å²) >= 11 is 0. The van der Waals surface area contributed by atoms with Crippen molar-refractivity contribution < 1.29 is 9.47 Å². The molecule has 2 saturated heterocycles. The lowest BCUT2D eigenvalue weighted by Gasteiger charge is -2.29. The monoisotopic (exact) mass is 552 g/mol. The number of anilines is 2. The van der Waals surface area contributed by atoms with E-state index in [9.17, 15) is 0 Å². The van der Waals surface area contributed by atoms with Gasteiger partial charge in [-0.05, 0) is 24.6 Å². The maximum absolute atomic E-state index is 5.53. The Kier molecular flexibility index (Phi) is 9.22. The van der Waals surface area contributed by atoms with Gasteiger partial charge in [0.2, 0.25) is 0 Å². The van der Waals surface area contributed by atoms with Crippen LogP contribution in [0.4, 0.5) is 11.5 Å². The predicted octanol–water partition coefficient (Wildman–Crippen LogP) is 2.49. The van der Waals surface area contributed by atoms with Gasteiger partial charge in [-0.25, -0.2) is 4.98 Å². The van der Waals surface area contributed by atoms with Crippen molar-refractivity contribution in [3.63, 3.8) is 0 Å². The van der Waals surface area contributed by atoms with Crippen molar-refractivity contribution in [2.75, 3.05) is 63.4 Å². The lowest BCUT2D eigenvalue weighted by molar-refractivity contribution is 0.122. The minimum absolute atomic E-state index is 0. The third-order valence-electron chi connectivity index (χ3n) is 5.80. The molecule has 2 aromatic rings. The van der Waals surface area contributed by atoms with Crippen molar-refractivity contribution in [3.05, 3.63) is 48.2 Å². The van der Waals surface area contributed by atoms with Crippen LogP contribution >= 0.6 is 24.0 Å². The molecule has 0 amide bonds. The topological polar surface area (TPSA) is 74.2 Å². The number of methoxy groups -OCH3 is 1. The van der Waals surface area contributed by atoms with E-state index < -0.39 is 0 Å². The van der Waals surface area contributed by atoms with E-state index in [-0.39, 0.29) is 24.0 Å². The first-order valence-electron chi connectivity index (χ1n) is 10.9. The van der Waals surface area contributed by atoms with Gasteiger partial charge in [0.15, 0.2) is 5.96 Å². The number of benzene rings is 1. The molecular weight excluding hydrogens is 519 g/mol. The summed E-state index contributed by atoms with van der Waals surface area (Å²) in [5, 5.41) is 7.04. The van der Waals surface area contributed by atoms with Gasteiger partial charge in [-0.15, -0.1) is 24.0 Å². The lowest BCUT2D eigenvalue weighted by Crippen LogP contribution is -2.44. The fourth-order valence-corrected chi connectivity index (χ4v) is 4.18. The Bertz CT molecular complexity index is 890. The van der Waals surface area contributed by atoms with E-state index in [1.165, 1.54) is 0 Å². The molecule has 1 unspecified atom stereocenters. The second kappa shape index (κ2) is 12.1. The molecule has 1 aromatic carbocycles. The van der Waals surface area contributed by atoms with Gasteiger partial charge in [0.05, 0.1) is 26.0 Å². The first-order valence-corrected chi connectivity index (χ1v) is 10.9. The van der Waals surface area contributed by atoms with Crippen LogP contribution in [-0.4, -0.2) is 70.5 Å². The lowest BCUT2D eigenvalue weighted by atomic mass is 10.2. The van der Waals surface area contributed by atoms with Crippen LogP contribution < -0.4 is 25.2 Å². The van der Waals surface area contributed by atoms with Crippen molar-refractivity contribution in [1.82, 2.24) is 15.6 Å². The van der Waals surface area contributed by atoms with Gasteiger partial charge >= 0.3 is 0 Å². The molecule has 3 heterocycles. The predicted molar refractivity (Wildman–Crippen MR) is 140 cm³/mol. The molecule has 0 saturated carbocycles. The van der Waals surface area contributed by atoms with Crippen LogP contribution in [0.3, 0.4) is 0 Å². The van der Waals surface area contributed by atoms with E-state index in [4.69, 9.17) is 9.47 Å². The highest BCUT2D eigenvalue weighted by Gasteiger charge is 2.25. The SMILES string of the molecule is CN=C(NCc1cccnc1N1CCOCC1)NC1CCN(c2ccccc2OC)C1.I. The highest BCUT2D eigenvalue weighted by Crippen LogP contribution is 2.30. The van der Waals surface area contributed by atoms with Crippen molar-refractivity contribution in [2.45, 2.75) is 19.0 Å². The molecule has 0 aliphatic carbocycles. The molecule has 8 nitrogen and oxygen atoms in total. The van der Waals surface area contributed by atoms with Crippen LogP contribution in [0.15, 0.2) is 47.6 Å². The molecule has 1 aromatic heterocycles. The largest absolute Gasteiger partial charge is 0.495 e. The van der Waals surface area contributed by atoms with Crippen molar-refractivity contribution in [2.24, 2.45) is 4.99 Å². The van der Waals surface area contributed by atoms with Gasteiger partial charge in [0.25, 0.3) is 0 Å². The summed E-state index contributed by atoms with van der Waals surface area (Å²) in [6.07, 6.45) is 2.90. The molecule has 0 bridgehead atoms. The maximum atomic E-state index is 5.53. The van der Waals surface area contributed by atoms with Crippen molar-refractivity contribution in [3.8, 4) is 5.75 Å². The number of halogens is 1. The zero-order chi connectivity index (χ0) is 21.5. The Labute approximate surface area is 207 Å². The summed E-state index contributed by atoms with van der Waals surface area (Å²) in [4.78, 5) is 13.7. The number of para-hydroxylation sites is 2. The fraction of sp³-hybridized carbons (Fsp3) is 0.478. The zero-order valence-electron chi connectivity index (χ0n) is 18.8. The standard InChI is InChI=1S/C23H32N6O2.HI/c1-24-23(26-16-18-6-5-10-25-22(18)28-12-14-31-15-13-28)27-19-9-11-29(17-19)20-7-3-4-8-21(20)30-2;/h3-8,10,19H,9,11-17H2,1-2H3,(H2,24,26,27);1H. The van der Waals surface area contributed by atoms with Crippen LogP contribution in [0.5, 0.6) is 5.75 Å². The number of hydrogen-bond donors (Lipinski definition) is 2. The molecule has 2 aliphatic rings. The molecule has 2 aliphatic heterocycles. The van der Waals surface area contributed by atoms with E-state index >= 15 is 0 Å². The number of ether oxygens (including phenoxy) is 2. The van der Waals surface area contributed by atoms with Crippen molar-refractivity contribution >= 4 is 41.4 Å². The second-order valence-corrected chi connectivity index (χ2v) is 7.76.